The molecule has 0 radical (unpaired) electrons. The van der Waals surface area contributed by atoms with Crippen molar-refractivity contribution in [1.29, 1.82) is 0 Å². The van der Waals surface area contributed by atoms with Crippen molar-refractivity contribution in [2.45, 2.75) is 13.1 Å². The molecule has 6 heteroatoms. The Hall–Kier alpha value is -3.54. The zero-order valence-corrected chi connectivity index (χ0v) is 15.5. The number of nitrogens with zero attached hydrogens (tertiary/aromatic N) is 5. The molecule has 0 spiro atoms. The smallest absolute Gasteiger partial charge is 0.298 e. The van der Waals surface area contributed by atoms with Gasteiger partial charge in [-0.2, -0.15) is 4.98 Å². The van der Waals surface area contributed by atoms with Crippen molar-refractivity contribution in [2.24, 2.45) is 7.05 Å². The van der Waals surface area contributed by atoms with Gasteiger partial charge in [0.2, 0.25) is 0 Å². The summed E-state index contributed by atoms with van der Waals surface area (Å²) in [5.74, 6) is 1.05. The molecule has 2 aromatic carbocycles. The summed E-state index contributed by atoms with van der Waals surface area (Å²) < 4.78 is 10.4. The van der Waals surface area contributed by atoms with Crippen LogP contribution in [0.2, 0.25) is 0 Å². The third kappa shape index (κ3) is 2.34. The van der Waals surface area contributed by atoms with Crippen molar-refractivity contribution in [3.05, 3.63) is 66.9 Å². The average Bonchev–Trinajstić information content (AvgIpc) is 3.44. The van der Waals surface area contributed by atoms with Crippen molar-refractivity contribution < 1.29 is 4.42 Å². The molecule has 1 aliphatic heterocycles. The van der Waals surface area contributed by atoms with Crippen LogP contribution in [0.1, 0.15) is 5.82 Å². The van der Waals surface area contributed by atoms with Crippen LogP contribution in [-0.2, 0) is 20.1 Å². The number of hydrogen-bond acceptors (Lipinski definition) is 4. The van der Waals surface area contributed by atoms with E-state index in [0.29, 0.717) is 6.01 Å². The molecule has 0 aliphatic carbocycles. The Morgan fingerprint density at radius 2 is 1.86 bits per heavy atom. The lowest BCUT2D eigenvalue weighted by molar-refractivity contribution is 0.500. The van der Waals surface area contributed by atoms with E-state index in [1.165, 1.54) is 16.5 Å². The summed E-state index contributed by atoms with van der Waals surface area (Å²) in [5, 5.41) is 1.24. The summed E-state index contributed by atoms with van der Waals surface area (Å²) in [6, 6.07) is 15.6. The van der Waals surface area contributed by atoms with E-state index in [4.69, 9.17) is 9.40 Å². The van der Waals surface area contributed by atoms with Gasteiger partial charge in [-0.3, -0.25) is 0 Å². The van der Waals surface area contributed by atoms with Crippen molar-refractivity contribution in [1.82, 2.24) is 19.1 Å². The number of fused-ring (bicyclic) bond motifs is 3. The van der Waals surface area contributed by atoms with Gasteiger partial charge < -0.3 is 18.5 Å². The SMILES string of the molecule is Cn1ccc2cc(-c3ccc4oc(N5CCn6ccnc6C5)nc4c3)ccc21. The molecule has 1 aliphatic rings. The molecule has 0 bridgehead atoms. The molecule has 0 N–H and O–H groups in total. The Labute approximate surface area is 161 Å². The fourth-order valence-corrected chi connectivity index (χ4v) is 4.03. The largest absolute Gasteiger partial charge is 0.423 e. The predicted molar refractivity (Wildman–Crippen MR) is 109 cm³/mol. The van der Waals surface area contributed by atoms with Crippen LogP contribution in [0.4, 0.5) is 6.01 Å². The maximum atomic E-state index is 6.04. The first-order valence-corrected chi connectivity index (χ1v) is 9.46. The van der Waals surface area contributed by atoms with E-state index >= 15 is 0 Å². The highest BCUT2D eigenvalue weighted by atomic mass is 16.4. The number of anilines is 1. The molecular formula is C22H19N5O. The molecule has 0 atom stereocenters. The fraction of sp³-hybridized carbons (Fsp3) is 0.182. The van der Waals surface area contributed by atoms with E-state index in [0.717, 1.165) is 42.1 Å². The second-order valence-electron chi connectivity index (χ2n) is 7.34. The lowest BCUT2D eigenvalue weighted by Crippen LogP contribution is -2.33. The molecule has 6 nitrogen and oxygen atoms in total. The highest BCUT2D eigenvalue weighted by molar-refractivity contribution is 5.88. The van der Waals surface area contributed by atoms with Gasteiger partial charge in [0.25, 0.3) is 6.01 Å². The van der Waals surface area contributed by atoms with Gasteiger partial charge in [-0.15, -0.1) is 0 Å². The van der Waals surface area contributed by atoms with Gasteiger partial charge in [-0.05, 0) is 41.5 Å². The lowest BCUT2D eigenvalue weighted by atomic mass is 10.0. The van der Waals surface area contributed by atoms with E-state index in [2.05, 4.69) is 68.7 Å². The minimum absolute atomic E-state index is 0.667. The van der Waals surface area contributed by atoms with Gasteiger partial charge in [0.15, 0.2) is 5.58 Å². The molecule has 0 fully saturated rings. The van der Waals surface area contributed by atoms with Crippen LogP contribution in [0.25, 0.3) is 33.1 Å². The monoisotopic (exact) mass is 369 g/mol. The normalized spacial score (nSPS) is 14.1. The summed E-state index contributed by atoms with van der Waals surface area (Å²) >= 11 is 0. The van der Waals surface area contributed by atoms with Crippen LogP contribution in [0.15, 0.2) is 65.5 Å². The first-order valence-electron chi connectivity index (χ1n) is 9.46. The molecule has 138 valence electrons. The van der Waals surface area contributed by atoms with Crippen LogP contribution in [-0.4, -0.2) is 25.6 Å². The molecular weight excluding hydrogens is 350 g/mol. The number of aryl methyl sites for hydroxylation is 1. The summed E-state index contributed by atoms with van der Waals surface area (Å²) in [4.78, 5) is 11.3. The molecule has 0 unspecified atom stereocenters. The second kappa shape index (κ2) is 5.73. The van der Waals surface area contributed by atoms with E-state index in [9.17, 15) is 0 Å². The molecule has 28 heavy (non-hydrogen) atoms. The summed E-state index contributed by atoms with van der Waals surface area (Å²) in [6.45, 7) is 2.49. The van der Waals surface area contributed by atoms with Crippen LogP contribution < -0.4 is 4.90 Å². The standard InChI is InChI=1S/C22H19N5O/c1-25-8-6-17-12-15(2-4-19(17)25)16-3-5-20-18(13-16)24-22(28-20)27-11-10-26-9-7-23-21(26)14-27/h2-9,12-13H,10-11,14H2,1H3. The second-order valence-corrected chi connectivity index (χ2v) is 7.34. The van der Waals surface area contributed by atoms with E-state index in [1.807, 2.05) is 18.5 Å². The van der Waals surface area contributed by atoms with Gasteiger partial charge in [0, 0.05) is 49.6 Å². The number of benzene rings is 2. The molecule has 6 rings (SSSR count). The summed E-state index contributed by atoms with van der Waals surface area (Å²) in [6.07, 6.45) is 5.96. The van der Waals surface area contributed by atoms with Crippen LogP contribution in [0, 0.1) is 0 Å². The zero-order valence-electron chi connectivity index (χ0n) is 15.5. The predicted octanol–water partition coefficient (Wildman–Crippen LogP) is 4.20. The number of imidazole rings is 1. The maximum Gasteiger partial charge on any atom is 0.298 e. The minimum atomic E-state index is 0.667. The van der Waals surface area contributed by atoms with Gasteiger partial charge in [-0.25, -0.2) is 4.98 Å². The molecule has 0 saturated heterocycles. The van der Waals surface area contributed by atoms with E-state index in [1.54, 1.807) is 0 Å². The lowest BCUT2D eigenvalue weighted by Gasteiger charge is -2.25. The Morgan fingerprint density at radius 1 is 0.964 bits per heavy atom. The number of aromatic nitrogens is 4. The summed E-state index contributed by atoms with van der Waals surface area (Å²) in [5.41, 5.74) is 5.26. The summed E-state index contributed by atoms with van der Waals surface area (Å²) in [7, 11) is 2.07. The van der Waals surface area contributed by atoms with Crippen LogP contribution >= 0.6 is 0 Å². The van der Waals surface area contributed by atoms with Gasteiger partial charge in [-0.1, -0.05) is 12.1 Å². The van der Waals surface area contributed by atoms with Crippen molar-refractivity contribution in [3.8, 4) is 11.1 Å². The highest BCUT2D eigenvalue weighted by Crippen LogP contribution is 2.30. The van der Waals surface area contributed by atoms with Gasteiger partial charge >= 0.3 is 0 Å². The number of rotatable bonds is 2. The highest BCUT2D eigenvalue weighted by Gasteiger charge is 2.21. The van der Waals surface area contributed by atoms with Gasteiger partial charge in [0.05, 0.1) is 6.54 Å². The van der Waals surface area contributed by atoms with Gasteiger partial charge in [0.1, 0.15) is 11.3 Å². The van der Waals surface area contributed by atoms with Crippen molar-refractivity contribution in [2.75, 3.05) is 11.4 Å². The maximum absolute atomic E-state index is 6.04. The zero-order chi connectivity index (χ0) is 18.7. The average molecular weight is 369 g/mol. The number of oxazole rings is 1. The first-order chi connectivity index (χ1) is 13.7. The minimum Gasteiger partial charge on any atom is -0.423 e. The molecule has 0 saturated carbocycles. The molecule has 4 heterocycles. The molecule has 5 aromatic rings. The van der Waals surface area contributed by atoms with Crippen LogP contribution in [0.3, 0.4) is 0 Å². The third-order valence-electron chi connectivity index (χ3n) is 5.61. The Balaban J connectivity index is 1.36. The Morgan fingerprint density at radius 3 is 2.82 bits per heavy atom. The first kappa shape index (κ1) is 15.5. The topological polar surface area (TPSA) is 52.0 Å². The van der Waals surface area contributed by atoms with Crippen LogP contribution in [0.5, 0.6) is 0 Å². The Kier molecular flexibility index (Phi) is 3.17. The third-order valence-corrected chi connectivity index (χ3v) is 5.61. The van der Waals surface area contributed by atoms with Crippen molar-refractivity contribution >= 4 is 28.0 Å². The fourth-order valence-electron chi connectivity index (χ4n) is 4.03. The van der Waals surface area contributed by atoms with E-state index < -0.39 is 0 Å². The molecule has 3 aromatic heterocycles. The quantitative estimate of drug-likeness (QED) is 0.468. The molecule has 0 amide bonds. The Bertz CT molecular complexity index is 1330. The van der Waals surface area contributed by atoms with Crippen molar-refractivity contribution in [3.63, 3.8) is 0 Å². The van der Waals surface area contributed by atoms with E-state index in [-0.39, 0.29) is 0 Å². The number of hydrogen-bond donors (Lipinski definition) is 0.